The quantitative estimate of drug-likeness (QED) is 0.553. The molecule has 1 aromatic rings. The maximum Gasteiger partial charge on any atom is 0.127 e. The van der Waals surface area contributed by atoms with Gasteiger partial charge in [-0.15, -0.1) is 0 Å². The summed E-state index contributed by atoms with van der Waals surface area (Å²) in [6, 6.07) is 0. The Hall–Kier alpha value is -0.480. The van der Waals surface area contributed by atoms with Gasteiger partial charge >= 0.3 is 0 Å². The molecule has 2 atom stereocenters. The summed E-state index contributed by atoms with van der Waals surface area (Å²) in [6.07, 6.45) is 5.77. The molecule has 0 saturated carbocycles. The molecule has 0 fully saturated rings. The molecule has 2 aliphatic carbocycles. The van der Waals surface area contributed by atoms with Crippen molar-refractivity contribution in [2.24, 2.45) is 0 Å². The summed E-state index contributed by atoms with van der Waals surface area (Å²) in [4.78, 5) is 0. The summed E-state index contributed by atoms with van der Waals surface area (Å²) in [5, 5.41) is 1.56. The van der Waals surface area contributed by atoms with Crippen molar-refractivity contribution in [3.8, 4) is 11.5 Å². The Bertz CT molecular complexity index is 505. The SMILES string of the molecule is COc1c(CBr)c(CBr)c(OC)c2c1C1C=CC2C1. The van der Waals surface area contributed by atoms with Gasteiger partial charge in [-0.3, -0.25) is 0 Å². The number of ether oxygens (including phenoxy) is 2. The van der Waals surface area contributed by atoms with Gasteiger partial charge in [0.25, 0.3) is 0 Å². The van der Waals surface area contributed by atoms with Gasteiger partial charge in [0.1, 0.15) is 11.5 Å². The Morgan fingerprint density at radius 3 is 1.68 bits per heavy atom. The molecule has 0 aliphatic heterocycles. The van der Waals surface area contributed by atoms with Gasteiger partial charge in [0, 0.05) is 44.7 Å². The van der Waals surface area contributed by atoms with E-state index in [1.54, 1.807) is 14.2 Å². The van der Waals surface area contributed by atoms with Crippen LogP contribution in [0.25, 0.3) is 0 Å². The van der Waals surface area contributed by atoms with E-state index in [4.69, 9.17) is 9.47 Å². The summed E-state index contributed by atoms with van der Waals surface area (Å²) < 4.78 is 11.5. The van der Waals surface area contributed by atoms with Gasteiger partial charge in [-0.2, -0.15) is 0 Å². The highest BCUT2D eigenvalue weighted by molar-refractivity contribution is 9.09. The minimum absolute atomic E-state index is 0.492. The lowest BCUT2D eigenvalue weighted by molar-refractivity contribution is 0.390. The van der Waals surface area contributed by atoms with E-state index in [1.165, 1.54) is 22.3 Å². The van der Waals surface area contributed by atoms with Gasteiger partial charge in [-0.05, 0) is 6.42 Å². The maximum absolute atomic E-state index is 5.73. The smallest absolute Gasteiger partial charge is 0.127 e. The zero-order chi connectivity index (χ0) is 13.6. The Labute approximate surface area is 130 Å². The molecule has 2 unspecified atom stereocenters. The van der Waals surface area contributed by atoms with Crippen LogP contribution in [0.5, 0.6) is 11.5 Å². The molecule has 2 nitrogen and oxygen atoms in total. The molecule has 3 rings (SSSR count). The Morgan fingerprint density at radius 1 is 0.947 bits per heavy atom. The molecule has 1 aromatic carbocycles. The number of fused-ring (bicyclic) bond motifs is 5. The van der Waals surface area contributed by atoms with Crippen molar-refractivity contribution in [3.05, 3.63) is 34.4 Å². The minimum atomic E-state index is 0.492. The van der Waals surface area contributed by atoms with Crippen molar-refractivity contribution < 1.29 is 9.47 Å². The lowest BCUT2D eigenvalue weighted by Gasteiger charge is -2.24. The molecule has 0 radical (unpaired) electrons. The highest BCUT2D eigenvalue weighted by atomic mass is 79.9. The lowest BCUT2D eigenvalue weighted by atomic mass is 9.90. The lowest BCUT2D eigenvalue weighted by Crippen LogP contribution is -2.07. The second-order valence-corrected chi connectivity index (χ2v) is 6.07. The molecular formula is C15H16Br2O2. The van der Waals surface area contributed by atoms with Crippen LogP contribution in [0.4, 0.5) is 0 Å². The van der Waals surface area contributed by atoms with Gasteiger partial charge in [-0.25, -0.2) is 0 Å². The summed E-state index contributed by atoms with van der Waals surface area (Å²) in [7, 11) is 3.53. The van der Waals surface area contributed by atoms with E-state index in [0.29, 0.717) is 11.8 Å². The molecule has 102 valence electrons. The fourth-order valence-corrected chi connectivity index (χ4v) is 4.64. The summed E-state index contributed by atoms with van der Waals surface area (Å²) in [5.74, 6) is 3.06. The van der Waals surface area contributed by atoms with Crippen LogP contribution in [0, 0.1) is 0 Å². The van der Waals surface area contributed by atoms with Gasteiger partial charge in [0.05, 0.1) is 14.2 Å². The zero-order valence-corrected chi connectivity index (χ0v) is 14.2. The fourth-order valence-electron chi connectivity index (χ4n) is 3.46. The van der Waals surface area contributed by atoms with Crippen molar-refractivity contribution in [2.45, 2.75) is 28.9 Å². The molecule has 0 spiro atoms. The van der Waals surface area contributed by atoms with Gasteiger partial charge in [0.15, 0.2) is 0 Å². The Kier molecular flexibility index (Phi) is 3.65. The molecule has 4 heteroatoms. The zero-order valence-electron chi connectivity index (χ0n) is 11.0. The summed E-state index contributed by atoms with van der Waals surface area (Å²) in [6.45, 7) is 0. The van der Waals surface area contributed by atoms with Crippen LogP contribution in [0.15, 0.2) is 12.2 Å². The average Bonchev–Trinajstić information content (AvgIpc) is 3.05. The van der Waals surface area contributed by atoms with Gasteiger partial charge < -0.3 is 9.47 Å². The second-order valence-electron chi connectivity index (χ2n) is 4.95. The molecule has 0 N–H and O–H groups in total. The van der Waals surface area contributed by atoms with Crippen LogP contribution >= 0.6 is 31.9 Å². The van der Waals surface area contributed by atoms with E-state index in [2.05, 4.69) is 44.0 Å². The third kappa shape index (κ3) is 1.79. The van der Waals surface area contributed by atoms with Crippen molar-refractivity contribution in [1.82, 2.24) is 0 Å². The summed E-state index contributed by atoms with van der Waals surface area (Å²) in [5.41, 5.74) is 5.09. The number of alkyl halides is 2. The Morgan fingerprint density at radius 2 is 1.37 bits per heavy atom. The number of benzene rings is 1. The summed E-state index contributed by atoms with van der Waals surface area (Å²) >= 11 is 7.18. The second kappa shape index (κ2) is 5.13. The van der Waals surface area contributed by atoms with E-state index in [9.17, 15) is 0 Å². The standard InChI is InChI=1S/C15H16Br2O2/c1-18-14-10(6-16)11(7-17)15(19-2)13-9-4-3-8(5-9)12(13)14/h3-4,8-9H,5-7H2,1-2H3. The number of rotatable bonds is 4. The van der Waals surface area contributed by atoms with Crippen molar-refractivity contribution in [3.63, 3.8) is 0 Å². The van der Waals surface area contributed by atoms with Crippen LogP contribution < -0.4 is 9.47 Å². The van der Waals surface area contributed by atoms with Crippen LogP contribution in [0.2, 0.25) is 0 Å². The number of hydrogen-bond donors (Lipinski definition) is 0. The predicted molar refractivity (Wildman–Crippen MR) is 84.0 cm³/mol. The largest absolute Gasteiger partial charge is 0.496 e. The van der Waals surface area contributed by atoms with Gasteiger partial charge in [0.2, 0.25) is 0 Å². The van der Waals surface area contributed by atoms with Crippen molar-refractivity contribution >= 4 is 31.9 Å². The first kappa shape index (κ1) is 13.5. The number of allylic oxidation sites excluding steroid dienone is 2. The Balaban J connectivity index is 2.34. The van der Waals surface area contributed by atoms with Crippen molar-refractivity contribution in [2.75, 3.05) is 14.2 Å². The molecule has 0 heterocycles. The molecule has 2 aliphatic rings. The fraction of sp³-hybridized carbons (Fsp3) is 0.467. The normalized spacial score (nSPS) is 22.7. The van der Waals surface area contributed by atoms with E-state index >= 15 is 0 Å². The maximum atomic E-state index is 5.73. The monoisotopic (exact) mass is 386 g/mol. The topological polar surface area (TPSA) is 18.5 Å². The highest BCUT2D eigenvalue weighted by Crippen LogP contribution is 2.57. The number of halogens is 2. The first-order chi connectivity index (χ1) is 9.26. The van der Waals surface area contributed by atoms with Crippen LogP contribution in [-0.2, 0) is 10.7 Å². The van der Waals surface area contributed by atoms with Gasteiger partial charge in [-0.1, -0.05) is 44.0 Å². The predicted octanol–water partition coefficient (Wildman–Crippen LogP) is 4.63. The molecule has 19 heavy (non-hydrogen) atoms. The van der Waals surface area contributed by atoms with Crippen LogP contribution in [-0.4, -0.2) is 14.2 Å². The third-order valence-corrected chi connectivity index (χ3v) is 5.31. The average molecular weight is 388 g/mol. The van der Waals surface area contributed by atoms with Crippen molar-refractivity contribution in [1.29, 1.82) is 0 Å². The molecule has 0 saturated heterocycles. The third-order valence-electron chi connectivity index (χ3n) is 4.19. The van der Waals surface area contributed by atoms with Crippen LogP contribution in [0.1, 0.15) is 40.5 Å². The molecule has 0 aromatic heterocycles. The van der Waals surface area contributed by atoms with E-state index in [-0.39, 0.29) is 0 Å². The molecular weight excluding hydrogens is 372 g/mol. The highest BCUT2D eigenvalue weighted by Gasteiger charge is 2.40. The molecule has 0 amide bonds. The van der Waals surface area contributed by atoms with E-state index < -0.39 is 0 Å². The number of methoxy groups -OCH3 is 2. The molecule has 2 bridgehead atoms. The minimum Gasteiger partial charge on any atom is -0.496 e. The van der Waals surface area contributed by atoms with Crippen LogP contribution in [0.3, 0.4) is 0 Å². The van der Waals surface area contributed by atoms with E-state index in [1.807, 2.05) is 0 Å². The number of hydrogen-bond acceptors (Lipinski definition) is 2. The first-order valence-electron chi connectivity index (χ1n) is 6.36. The first-order valence-corrected chi connectivity index (χ1v) is 8.60. The van der Waals surface area contributed by atoms with E-state index in [0.717, 1.165) is 28.6 Å².